The van der Waals surface area contributed by atoms with E-state index < -0.39 is 6.09 Å². The normalized spacial score (nSPS) is 18.2. The lowest BCUT2D eigenvalue weighted by Gasteiger charge is -2.20. The van der Waals surface area contributed by atoms with Gasteiger partial charge < -0.3 is 20.6 Å². The third-order valence-corrected chi connectivity index (χ3v) is 2.34. The lowest BCUT2D eigenvalue weighted by Crippen LogP contribution is -2.39. The maximum atomic E-state index is 10.6. The van der Waals surface area contributed by atoms with Gasteiger partial charge in [0.25, 0.3) is 0 Å². The van der Waals surface area contributed by atoms with Crippen molar-refractivity contribution < 1.29 is 9.90 Å². The van der Waals surface area contributed by atoms with Crippen LogP contribution in [0.3, 0.4) is 0 Å². The number of amides is 1. The van der Waals surface area contributed by atoms with Gasteiger partial charge in [0.2, 0.25) is 0 Å². The van der Waals surface area contributed by atoms with Crippen molar-refractivity contribution in [1.29, 1.82) is 0 Å². The van der Waals surface area contributed by atoms with Crippen molar-refractivity contribution in [2.24, 2.45) is 5.73 Å². The van der Waals surface area contributed by atoms with Crippen LogP contribution in [0.2, 0.25) is 0 Å². The van der Waals surface area contributed by atoms with Crippen molar-refractivity contribution in [3.8, 4) is 0 Å². The first-order valence-corrected chi connectivity index (χ1v) is 4.54. The summed E-state index contributed by atoms with van der Waals surface area (Å²) in [6.45, 7) is 2.39. The molecule has 6 heteroatoms. The van der Waals surface area contributed by atoms with E-state index in [4.69, 9.17) is 23.1 Å². The molecule has 0 radical (unpaired) electrons. The zero-order valence-electron chi connectivity index (χ0n) is 7.27. The molecule has 1 amide bonds. The molecule has 0 aromatic carbocycles. The number of carbonyl (C=O) groups is 1. The minimum atomic E-state index is -0.871. The van der Waals surface area contributed by atoms with E-state index in [1.54, 1.807) is 0 Å². The Hall–Kier alpha value is -1.04. The first-order chi connectivity index (χ1) is 6.11. The number of rotatable bonds is 0. The van der Waals surface area contributed by atoms with Gasteiger partial charge in [-0.15, -0.1) is 0 Å². The highest BCUT2D eigenvalue weighted by Gasteiger charge is 2.18. The van der Waals surface area contributed by atoms with Gasteiger partial charge in [0.1, 0.15) is 0 Å². The number of carboxylic acid groups (broad SMARTS) is 1. The Kier molecular flexibility index (Phi) is 3.30. The highest BCUT2D eigenvalue weighted by molar-refractivity contribution is 7.80. The molecule has 0 aliphatic carbocycles. The number of thiocarbonyl (C=S) groups is 1. The van der Waals surface area contributed by atoms with Crippen LogP contribution < -0.4 is 5.73 Å². The second-order valence-corrected chi connectivity index (χ2v) is 3.37. The molecule has 13 heavy (non-hydrogen) atoms. The SMILES string of the molecule is NC(=S)N1CCCN(C(=O)O)CC1. The molecular formula is C7H13N3O2S. The Balaban J connectivity index is 2.48. The highest BCUT2D eigenvalue weighted by Crippen LogP contribution is 2.02. The fourth-order valence-electron chi connectivity index (χ4n) is 1.33. The van der Waals surface area contributed by atoms with Crippen LogP contribution in [0.15, 0.2) is 0 Å². The number of hydrogen-bond donors (Lipinski definition) is 2. The third-order valence-electron chi connectivity index (χ3n) is 2.08. The van der Waals surface area contributed by atoms with Gasteiger partial charge in [0.05, 0.1) is 0 Å². The van der Waals surface area contributed by atoms with E-state index >= 15 is 0 Å². The van der Waals surface area contributed by atoms with Crippen molar-refractivity contribution in [1.82, 2.24) is 9.80 Å². The molecule has 3 N–H and O–H groups in total. The molecule has 0 bridgehead atoms. The summed E-state index contributed by atoms with van der Waals surface area (Å²) in [5, 5.41) is 9.09. The smallest absolute Gasteiger partial charge is 0.407 e. The van der Waals surface area contributed by atoms with E-state index in [0.29, 0.717) is 24.7 Å². The quantitative estimate of drug-likeness (QED) is 0.539. The molecular weight excluding hydrogens is 190 g/mol. The Morgan fingerprint density at radius 1 is 1.23 bits per heavy atom. The predicted octanol–water partition coefficient (Wildman–Crippen LogP) is -0.0843. The fourth-order valence-corrected chi connectivity index (χ4v) is 1.51. The average Bonchev–Trinajstić information content (AvgIpc) is 2.27. The van der Waals surface area contributed by atoms with Gasteiger partial charge in [0.15, 0.2) is 5.11 Å². The average molecular weight is 203 g/mol. The molecule has 1 rings (SSSR count). The second kappa shape index (κ2) is 4.27. The van der Waals surface area contributed by atoms with Crippen LogP contribution in [-0.2, 0) is 0 Å². The van der Waals surface area contributed by atoms with Gasteiger partial charge in [-0.1, -0.05) is 0 Å². The van der Waals surface area contributed by atoms with E-state index in [-0.39, 0.29) is 0 Å². The summed E-state index contributed by atoms with van der Waals surface area (Å²) in [6.07, 6.45) is -0.0892. The molecule has 1 heterocycles. The van der Waals surface area contributed by atoms with Crippen molar-refractivity contribution in [3.63, 3.8) is 0 Å². The summed E-state index contributed by atoms with van der Waals surface area (Å²) in [6, 6.07) is 0. The van der Waals surface area contributed by atoms with Crippen LogP contribution in [-0.4, -0.2) is 52.3 Å². The van der Waals surface area contributed by atoms with Crippen LogP contribution >= 0.6 is 12.2 Å². The molecule has 5 nitrogen and oxygen atoms in total. The minimum absolute atomic E-state index is 0.354. The van der Waals surface area contributed by atoms with Crippen molar-refractivity contribution in [2.45, 2.75) is 6.42 Å². The van der Waals surface area contributed by atoms with Crippen LogP contribution in [0.4, 0.5) is 4.79 Å². The Labute approximate surface area is 82.1 Å². The number of nitrogens with two attached hydrogens (primary N) is 1. The van der Waals surface area contributed by atoms with Crippen molar-refractivity contribution in [2.75, 3.05) is 26.2 Å². The standard InChI is InChI=1S/C7H13N3O2S/c8-6(13)9-2-1-3-10(5-4-9)7(11)12/h1-5H2,(H2,8,13)(H,11,12). The summed E-state index contributed by atoms with van der Waals surface area (Å²) in [4.78, 5) is 13.8. The molecule has 1 fully saturated rings. The first-order valence-electron chi connectivity index (χ1n) is 4.13. The van der Waals surface area contributed by atoms with Crippen LogP contribution in [0.1, 0.15) is 6.42 Å². The van der Waals surface area contributed by atoms with E-state index in [0.717, 1.165) is 13.0 Å². The predicted molar refractivity (Wildman–Crippen MR) is 52.6 cm³/mol. The molecule has 0 saturated carbocycles. The number of nitrogens with zero attached hydrogens (tertiary/aromatic N) is 2. The summed E-state index contributed by atoms with van der Waals surface area (Å²) < 4.78 is 0. The maximum Gasteiger partial charge on any atom is 0.407 e. The Bertz CT molecular complexity index is 200. The molecule has 1 saturated heterocycles. The zero-order chi connectivity index (χ0) is 9.84. The monoisotopic (exact) mass is 203 g/mol. The van der Waals surface area contributed by atoms with Gasteiger partial charge in [0, 0.05) is 26.2 Å². The van der Waals surface area contributed by atoms with Gasteiger partial charge in [-0.3, -0.25) is 0 Å². The number of hydrogen-bond acceptors (Lipinski definition) is 2. The van der Waals surface area contributed by atoms with Crippen LogP contribution in [0.5, 0.6) is 0 Å². The topological polar surface area (TPSA) is 69.8 Å². The Morgan fingerprint density at radius 3 is 2.31 bits per heavy atom. The lowest BCUT2D eigenvalue weighted by atomic mass is 10.4. The molecule has 1 aliphatic heterocycles. The van der Waals surface area contributed by atoms with E-state index in [1.807, 2.05) is 4.90 Å². The molecule has 0 atom stereocenters. The summed E-state index contributed by atoms with van der Waals surface area (Å²) >= 11 is 4.82. The second-order valence-electron chi connectivity index (χ2n) is 2.95. The molecule has 0 aromatic rings. The molecule has 0 aromatic heterocycles. The van der Waals surface area contributed by atoms with Crippen LogP contribution in [0.25, 0.3) is 0 Å². The van der Waals surface area contributed by atoms with Crippen molar-refractivity contribution in [3.05, 3.63) is 0 Å². The summed E-state index contributed by atoms with van der Waals surface area (Å²) in [7, 11) is 0. The summed E-state index contributed by atoms with van der Waals surface area (Å²) in [5.74, 6) is 0. The van der Waals surface area contributed by atoms with Gasteiger partial charge in [-0.25, -0.2) is 4.79 Å². The van der Waals surface area contributed by atoms with Crippen molar-refractivity contribution >= 4 is 23.4 Å². The maximum absolute atomic E-state index is 10.6. The molecule has 0 unspecified atom stereocenters. The van der Waals surface area contributed by atoms with Gasteiger partial charge in [-0.05, 0) is 18.6 Å². The largest absolute Gasteiger partial charge is 0.465 e. The Morgan fingerprint density at radius 2 is 1.77 bits per heavy atom. The van der Waals surface area contributed by atoms with Gasteiger partial charge in [-0.2, -0.15) is 0 Å². The third kappa shape index (κ3) is 2.73. The molecule has 1 aliphatic rings. The van der Waals surface area contributed by atoms with E-state index in [2.05, 4.69) is 0 Å². The van der Waals surface area contributed by atoms with Gasteiger partial charge >= 0.3 is 6.09 Å². The molecule has 74 valence electrons. The zero-order valence-corrected chi connectivity index (χ0v) is 8.09. The summed E-state index contributed by atoms with van der Waals surface area (Å²) in [5.41, 5.74) is 5.45. The highest BCUT2D eigenvalue weighted by atomic mass is 32.1. The van der Waals surface area contributed by atoms with E-state index in [9.17, 15) is 4.79 Å². The lowest BCUT2D eigenvalue weighted by molar-refractivity contribution is 0.147. The van der Waals surface area contributed by atoms with E-state index in [1.165, 1.54) is 4.90 Å². The molecule has 0 spiro atoms. The fraction of sp³-hybridized carbons (Fsp3) is 0.714. The van der Waals surface area contributed by atoms with Crippen LogP contribution in [0, 0.1) is 0 Å². The first kappa shape index (κ1) is 10.0. The minimum Gasteiger partial charge on any atom is -0.465 e.